The molecule has 1 fully saturated rings. The lowest BCUT2D eigenvalue weighted by molar-refractivity contribution is -0.157. The van der Waals surface area contributed by atoms with Crippen molar-refractivity contribution in [3.05, 3.63) is 42.6 Å². The predicted octanol–water partition coefficient (Wildman–Crippen LogP) is 1.43. The number of cyclic esters (lactones) is 1. The monoisotopic (exact) mass is 395 g/mol. The van der Waals surface area contributed by atoms with Crippen molar-refractivity contribution in [1.29, 1.82) is 0 Å². The number of nitrogens with zero attached hydrogens (tertiary/aromatic N) is 1. The van der Waals surface area contributed by atoms with E-state index in [0.29, 0.717) is 6.42 Å². The topological polar surface area (TPSA) is 99.2 Å². The van der Waals surface area contributed by atoms with E-state index >= 15 is 0 Å². The highest BCUT2D eigenvalue weighted by Crippen LogP contribution is 2.30. The van der Waals surface area contributed by atoms with E-state index in [2.05, 4.69) is 0 Å². The van der Waals surface area contributed by atoms with E-state index in [1.807, 2.05) is 0 Å². The summed E-state index contributed by atoms with van der Waals surface area (Å²) in [5.74, 6) is -1.66. The van der Waals surface area contributed by atoms with Crippen LogP contribution < -0.4 is 0 Å². The maximum atomic E-state index is 13.0. The summed E-state index contributed by atoms with van der Waals surface area (Å²) in [5.41, 5.74) is 0. The Labute approximate surface area is 157 Å². The minimum atomic E-state index is -3.91. The number of hydrogen-bond acceptors (Lipinski definition) is 7. The van der Waals surface area contributed by atoms with Crippen molar-refractivity contribution in [3.8, 4) is 0 Å². The molecule has 27 heavy (non-hydrogen) atoms. The molecule has 2 heterocycles. The van der Waals surface area contributed by atoms with Gasteiger partial charge in [-0.15, -0.1) is 0 Å². The summed E-state index contributed by atoms with van der Waals surface area (Å²) in [4.78, 5) is 23.9. The molecular formula is C18H21NO7S. The minimum Gasteiger partial charge on any atom is -0.466 e. The van der Waals surface area contributed by atoms with Crippen LogP contribution in [-0.2, 0) is 33.8 Å². The molecule has 9 heteroatoms. The van der Waals surface area contributed by atoms with Gasteiger partial charge in [0.25, 0.3) is 10.0 Å². The van der Waals surface area contributed by atoms with Gasteiger partial charge >= 0.3 is 11.9 Å². The molecule has 3 atom stereocenters. The lowest BCUT2D eigenvalue weighted by atomic mass is 10.0. The van der Waals surface area contributed by atoms with Gasteiger partial charge in [0.15, 0.2) is 6.10 Å². The number of carbonyl (C=O) groups excluding carboxylic acids is 2. The van der Waals surface area contributed by atoms with Crippen molar-refractivity contribution in [2.75, 3.05) is 13.2 Å². The number of benzene rings is 1. The third-order valence-corrected chi connectivity index (χ3v) is 6.10. The Morgan fingerprint density at radius 1 is 1.30 bits per heavy atom. The third-order valence-electron chi connectivity index (χ3n) is 4.32. The third kappa shape index (κ3) is 4.14. The van der Waals surface area contributed by atoms with Crippen LogP contribution in [0.25, 0.3) is 0 Å². The Morgan fingerprint density at radius 3 is 2.67 bits per heavy atom. The normalized spacial score (nSPS) is 25.3. The van der Waals surface area contributed by atoms with Crippen LogP contribution in [0.5, 0.6) is 0 Å². The van der Waals surface area contributed by atoms with Crippen LogP contribution in [0.2, 0.25) is 0 Å². The largest absolute Gasteiger partial charge is 0.466 e. The Hall–Kier alpha value is -2.39. The molecule has 3 rings (SSSR count). The maximum absolute atomic E-state index is 13.0. The molecule has 1 saturated heterocycles. The molecule has 1 aromatic carbocycles. The van der Waals surface area contributed by atoms with Crippen LogP contribution in [0.15, 0.2) is 47.5 Å². The molecule has 1 aromatic rings. The van der Waals surface area contributed by atoms with Gasteiger partial charge in [0.05, 0.1) is 24.0 Å². The standard InChI is InChI=1S/C18H21NO7S/c1-2-24-17(20)13-8-10-19(27(22,23)14-6-4-3-5-7-14)16(12-13)26-15-9-11-25-18(15)21/h3-8,10,13,15-16H,2,9,11-12H2,1H3/t13-,15-,16-/m1/s1. The molecule has 0 spiro atoms. The zero-order valence-corrected chi connectivity index (χ0v) is 15.6. The Morgan fingerprint density at radius 2 is 2.04 bits per heavy atom. The fourth-order valence-electron chi connectivity index (χ4n) is 2.96. The van der Waals surface area contributed by atoms with Gasteiger partial charge in [0, 0.05) is 19.0 Å². The van der Waals surface area contributed by atoms with E-state index in [9.17, 15) is 18.0 Å². The average molecular weight is 395 g/mol. The minimum absolute atomic E-state index is 0.0468. The van der Waals surface area contributed by atoms with Gasteiger partial charge in [-0.25, -0.2) is 17.5 Å². The van der Waals surface area contributed by atoms with Crippen LogP contribution in [0.3, 0.4) is 0 Å². The zero-order valence-electron chi connectivity index (χ0n) is 14.8. The van der Waals surface area contributed by atoms with Crippen molar-refractivity contribution in [2.45, 2.75) is 37.0 Å². The quantitative estimate of drug-likeness (QED) is 0.672. The molecule has 0 N–H and O–H groups in total. The molecule has 8 nitrogen and oxygen atoms in total. The van der Waals surface area contributed by atoms with Gasteiger partial charge in [-0.2, -0.15) is 0 Å². The van der Waals surface area contributed by atoms with Crippen LogP contribution in [-0.4, -0.2) is 50.2 Å². The van der Waals surface area contributed by atoms with Crippen LogP contribution in [0.1, 0.15) is 19.8 Å². The maximum Gasteiger partial charge on any atom is 0.335 e. The summed E-state index contributed by atoms with van der Waals surface area (Å²) in [6.07, 6.45) is 1.28. The number of sulfonamides is 1. The van der Waals surface area contributed by atoms with Crippen molar-refractivity contribution in [3.63, 3.8) is 0 Å². The first-order chi connectivity index (χ1) is 12.9. The summed E-state index contributed by atoms with van der Waals surface area (Å²) in [6.45, 7) is 2.13. The lowest BCUT2D eigenvalue weighted by Crippen LogP contribution is -2.45. The molecule has 0 bridgehead atoms. The molecule has 146 valence electrons. The average Bonchev–Trinajstić information content (AvgIpc) is 3.07. The van der Waals surface area contributed by atoms with Gasteiger partial charge in [-0.05, 0) is 19.1 Å². The second-order valence-corrected chi connectivity index (χ2v) is 7.96. The Balaban J connectivity index is 1.89. The smallest absolute Gasteiger partial charge is 0.335 e. The zero-order chi connectivity index (χ0) is 19.4. The highest BCUT2D eigenvalue weighted by atomic mass is 32.2. The van der Waals surface area contributed by atoms with Gasteiger partial charge in [0.2, 0.25) is 0 Å². The van der Waals surface area contributed by atoms with Crippen LogP contribution in [0.4, 0.5) is 0 Å². The summed E-state index contributed by atoms with van der Waals surface area (Å²) in [7, 11) is -3.91. The van der Waals surface area contributed by atoms with Crippen LogP contribution in [0, 0.1) is 5.92 Å². The van der Waals surface area contributed by atoms with Gasteiger partial charge in [-0.1, -0.05) is 24.3 Å². The second kappa shape index (κ2) is 8.10. The molecule has 0 saturated carbocycles. The molecule has 0 aliphatic carbocycles. The fraction of sp³-hybridized carbons (Fsp3) is 0.444. The summed E-state index contributed by atoms with van der Waals surface area (Å²) >= 11 is 0. The molecule has 0 aromatic heterocycles. The van der Waals surface area contributed by atoms with Gasteiger partial charge in [-0.3, -0.25) is 4.79 Å². The fourth-order valence-corrected chi connectivity index (χ4v) is 4.38. The lowest BCUT2D eigenvalue weighted by Gasteiger charge is -2.35. The summed E-state index contributed by atoms with van der Waals surface area (Å²) < 4.78 is 42.7. The van der Waals surface area contributed by atoms with Crippen molar-refractivity contribution in [2.24, 2.45) is 5.92 Å². The van der Waals surface area contributed by atoms with E-state index in [0.717, 1.165) is 4.31 Å². The van der Waals surface area contributed by atoms with Crippen molar-refractivity contribution < 1.29 is 32.2 Å². The number of ether oxygens (including phenoxy) is 3. The predicted molar refractivity (Wildman–Crippen MR) is 93.6 cm³/mol. The van der Waals surface area contributed by atoms with Crippen LogP contribution >= 0.6 is 0 Å². The summed E-state index contributed by atoms with van der Waals surface area (Å²) in [5, 5.41) is 0. The number of esters is 2. The molecule has 2 aliphatic rings. The van der Waals surface area contributed by atoms with E-state index in [4.69, 9.17) is 14.2 Å². The number of hydrogen-bond donors (Lipinski definition) is 0. The molecule has 0 unspecified atom stereocenters. The molecule has 0 amide bonds. The molecular weight excluding hydrogens is 374 g/mol. The van der Waals surface area contributed by atoms with E-state index in [-0.39, 0.29) is 24.5 Å². The molecule has 0 radical (unpaired) electrons. The Bertz CT molecular complexity index is 821. The Kier molecular flexibility index (Phi) is 5.81. The first-order valence-corrected chi connectivity index (χ1v) is 10.1. The van der Waals surface area contributed by atoms with Crippen molar-refractivity contribution >= 4 is 22.0 Å². The second-order valence-electron chi connectivity index (χ2n) is 6.12. The first-order valence-electron chi connectivity index (χ1n) is 8.69. The van der Waals surface area contributed by atoms with Crippen molar-refractivity contribution in [1.82, 2.24) is 4.31 Å². The van der Waals surface area contributed by atoms with Gasteiger partial charge in [0.1, 0.15) is 6.23 Å². The summed E-state index contributed by atoms with van der Waals surface area (Å²) in [6, 6.07) is 7.89. The van der Waals surface area contributed by atoms with E-state index in [1.54, 1.807) is 25.1 Å². The number of carbonyl (C=O) groups is 2. The number of rotatable bonds is 6. The highest BCUT2D eigenvalue weighted by Gasteiger charge is 2.40. The SMILES string of the molecule is CCOC(=O)[C@@H]1C=CN(S(=O)(=O)c2ccccc2)[C@H](O[C@@H]2CCOC2=O)C1. The molecule has 2 aliphatic heterocycles. The van der Waals surface area contributed by atoms with Gasteiger partial charge < -0.3 is 14.2 Å². The van der Waals surface area contributed by atoms with E-state index < -0.39 is 40.2 Å². The first kappa shape index (κ1) is 19.4. The van der Waals surface area contributed by atoms with E-state index in [1.165, 1.54) is 24.4 Å². The highest BCUT2D eigenvalue weighted by molar-refractivity contribution is 7.89.